The summed E-state index contributed by atoms with van der Waals surface area (Å²) in [6.07, 6.45) is 2.39. The second-order valence-corrected chi connectivity index (χ2v) is 9.41. The lowest BCUT2D eigenvalue weighted by atomic mass is 10.0. The van der Waals surface area contributed by atoms with E-state index in [1.54, 1.807) is 12.0 Å². The Morgan fingerprint density at radius 3 is 2.17 bits per heavy atom. The van der Waals surface area contributed by atoms with Crippen LogP contribution in [0.1, 0.15) is 49.4 Å². The number of rotatable bonds is 12. The van der Waals surface area contributed by atoms with Gasteiger partial charge in [0.2, 0.25) is 11.8 Å². The largest absolute Gasteiger partial charge is 0.497 e. The molecular formula is C31H38N2O3. The summed E-state index contributed by atoms with van der Waals surface area (Å²) >= 11 is 0. The van der Waals surface area contributed by atoms with Gasteiger partial charge >= 0.3 is 0 Å². The van der Waals surface area contributed by atoms with Gasteiger partial charge in [0.25, 0.3) is 0 Å². The van der Waals surface area contributed by atoms with Crippen LogP contribution in [-0.2, 0) is 35.4 Å². The minimum atomic E-state index is -0.629. The molecule has 0 bridgehead atoms. The van der Waals surface area contributed by atoms with Gasteiger partial charge in [-0.25, -0.2) is 0 Å². The Kier molecular flexibility index (Phi) is 10.1. The number of amides is 2. The Morgan fingerprint density at radius 2 is 1.53 bits per heavy atom. The van der Waals surface area contributed by atoms with Crippen LogP contribution in [0, 0.1) is 0 Å². The summed E-state index contributed by atoms with van der Waals surface area (Å²) in [4.78, 5) is 28.9. The molecular weight excluding hydrogens is 448 g/mol. The van der Waals surface area contributed by atoms with Crippen molar-refractivity contribution in [2.75, 3.05) is 7.11 Å². The lowest BCUT2D eigenvalue weighted by Gasteiger charge is -2.32. The van der Waals surface area contributed by atoms with E-state index in [1.165, 1.54) is 5.56 Å². The first-order valence-electron chi connectivity index (χ1n) is 12.7. The van der Waals surface area contributed by atoms with E-state index in [9.17, 15) is 9.59 Å². The molecule has 0 heterocycles. The Labute approximate surface area is 215 Å². The molecule has 0 aromatic heterocycles. The average molecular weight is 487 g/mol. The Balaban J connectivity index is 1.90. The van der Waals surface area contributed by atoms with Crippen molar-refractivity contribution in [1.29, 1.82) is 0 Å². The van der Waals surface area contributed by atoms with E-state index in [4.69, 9.17) is 4.74 Å². The normalized spacial score (nSPS) is 11.7. The maximum atomic E-state index is 13.7. The summed E-state index contributed by atoms with van der Waals surface area (Å²) in [7, 11) is 1.63. The molecule has 3 aromatic rings. The van der Waals surface area contributed by atoms with Gasteiger partial charge in [0.1, 0.15) is 11.8 Å². The molecule has 2 amide bonds. The topological polar surface area (TPSA) is 58.6 Å². The van der Waals surface area contributed by atoms with Crippen LogP contribution in [0.3, 0.4) is 0 Å². The fourth-order valence-corrected chi connectivity index (χ4v) is 4.24. The van der Waals surface area contributed by atoms with Crippen LogP contribution in [0.2, 0.25) is 0 Å². The fraction of sp³-hybridized carbons (Fsp3) is 0.355. The zero-order valence-electron chi connectivity index (χ0n) is 21.9. The van der Waals surface area contributed by atoms with Crippen molar-refractivity contribution in [3.05, 3.63) is 101 Å². The van der Waals surface area contributed by atoms with E-state index in [2.05, 4.69) is 36.5 Å². The lowest BCUT2D eigenvalue weighted by Crippen LogP contribution is -2.51. The fourth-order valence-electron chi connectivity index (χ4n) is 4.24. The second-order valence-electron chi connectivity index (χ2n) is 9.41. The van der Waals surface area contributed by atoms with Gasteiger partial charge in [-0.15, -0.1) is 0 Å². The molecule has 1 N–H and O–H groups in total. The standard InChI is InChI=1S/C31H38N2O3/c1-5-24-14-16-25(17-15-24)18-19-30(34)33(22-27-12-9-13-28(20-27)36-4)29(31(35)32-23(2)3)21-26-10-7-6-8-11-26/h6-17,20,23,29H,5,18-19,21-22H2,1-4H3,(H,32,35)/t29-/m1/s1. The van der Waals surface area contributed by atoms with E-state index in [-0.39, 0.29) is 17.9 Å². The predicted molar refractivity (Wildman–Crippen MR) is 145 cm³/mol. The van der Waals surface area contributed by atoms with Gasteiger partial charge in [-0.05, 0) is 61.1 Å². The van der Waals surface area contributed by atoms with Gasteiger partial charge in [0.05, 0.1) is 7.11 Å². The lowest BCUT2D eigenvalue weighted by molar-refractivity contribution is -0.141. The Bertz CT molecular complexity index is 1110. The zero-order chi connectivity index (χ0) is 25.9. The van der Waals surface area contributed by atoms with Crippen LogP contribution in [0.5, 0.6) is 5.75 Å². The quantitative estimate of drug-likeness (QED) is 0.375. The van der Waals surface area contributed by atoms with Crippen LogP contribution in [-0.4, -0.2) is 35.9 Å². The first-order chi connectivity index (χ1) is 17.4. The third-order valence-electron chi connectivity index (χ3n) is 6.25. The van der Waals surface area contributed by atoms with Crippen molar-refractivity contribution in [3.63, 3.8) is 0 Å². The summed E-state index contributed by atoms with van der Waals surface area (Å²) in [6.45, 7) is 6.33. The van der Waals surface area contributed by atoms with Gasteiger partial charge in [0.15, 0.2) is 0 Å². The molecule has 0 spiro atoms. The molecule has 3 aromatic carbocycles. The number of ether oxygens (including phenoxy) is 1. The number of methoxy groups -OCH3 is 1. The molecule has 0 radical (unpaired) electrons. The van der Waals surface area contributed by atoms with Gasteiger partial charge < -0.3 is 15.0 Å². The summed E-state index contributed by atoms with van der Waals surface area (Å²) in [5.41, 5.74) is 4.33. The van der Waals surface area contributed by atoms with Crippen LogP contribution < -0.4 is 10.1 Å². The zero-order valence-corrected chi connectivity index (χ0v) is 21.9. The average Bonchev–Trinajstić information content (AvgIpc) is 2.89. The molecule has 0 unspecified atom stereocenters. The molecule has 1 atom stereocenters. The molecule has 0 fully saturated rings. The third-order valence-corrected chi connectivity index (χ3v) is 6.25. The number of aryl methyl sites for hydroxylation is 2. The number of benzene rings is 3. The number of hydrogen-bond acceptors (Lipinski definition) is 3. The Hall–Kier alpha value is -3.60. The second kappa shape index (κ2) is 13.5. The minimum absolute atomic E-state index is 0.0263. The predicted octanol–water partition coefficient (Wildman–Crippen LogP) is 5.35. The number of hydrogen-bond donors (Lipinski definition) is 1. The molecule has 0 aliphatic carbocycles. The van der Waals surface area contributed by atoms with E-state index in [0.717, 1.165) is 28.9 Å². The summed E-state index contributed by atoms with van der Waals surface area (Å²) in [6, 6.07) is 25.3. The number of carbonyl (C=O) groups excluding carboxylic acids is 2. The molecule has 0 aliphatic rings. The summed E-state index contributed by atoms with van der Waals surface area (Å²) in [5, 5.41) is 3.04. The highest BCUT2D eigenvalue weighted by molar-refractivity contribution is 5.88. The van der Waals surface area contributed by atoms with E-state index < -0.39 is 6.04 Å². The molecule has 3 rings (SSSR count). The first kappa shape index (κ1) is 27.0. The smallest absolute Gasteiger partial charge is 0.243 e. The molecule has 0 saturated carbocycles. The highest BCUT2D eigenvalue weighted by atomic mass is 16.5. The molecule has 0 saturated heterocycles. The van der Waals surface area contributed by atoms with Crippen LogP contribution >= 0.6 is 0 Å². The van der Waals surface area contributed by atoms with Crippen molar-refractivity contribution >= 4 is 11.8 Å². The van der Waals surface area contributed by atoms with E-state index in [1.807, 2.05) is 68.4 Å². The van der Waals surface area contributed by atoms with Crippen molar-refractivity contribution in [1.82, 2.24) is 10.2 Å². The highest BCUT2D eigenvalue weighted by Gasteiger charge is 2.30. The monoisotopic (exact) mass is 486 g/mol. The van der Waals surface area contributed by atoms with Crippen LogP contribution in [0.4, 0.5) is 0 Å². The van der Waals surface area contributed by atoms with E-state index >= 15 is 0 Å². The highest BCUT2D eigenvalue weighted by Crippen LogP contribution is 2.20. The van der Waals surface area contributed by atoms with Crippen molar-refractivity contribution in [2.24, 2.45) is 0 Å². The number of nitrogens with zero attached hydrogens (tertiary/aromatic N) is 1. The molecule has 190 valence electrons. The minimum Gasteiger partial charge on any atom is -0.497 e. The van der Waals surface area contributed by atoms with Crippen LogP contribution in [0.25, 0.3) is 0 Å². The van der Waals surface area contributed by atoms with Crippen molar-refractivity contribution in [2.45, 2.75) is 65.1 Å². The molecule has 5 nitrogen and oxygen atoms in total. The summed E-state index contributed by atoms with van der Waals surface area (Å²) in [5.74, 6) is 0.539. The van der Waals surface area contributed by atoms with Crippen molar-refractivity contribution in [3.8, 4) is 5.75 Å². The maximum Gasteiger partial charge on any atom is 0.243 e. The first-order valence-corrected chi connectivity index (χ1v) is 12.7. The van der Waals surface area contributed by atoms with Crippen molar-refractivity contribution < 1.29 is 14.3 Å². The van der Waals surface area contributed by atoms with E-state index in [0.29, 0.717) is 25.8 Å². The SMILES string of the molecule is CCc1ccc(CCC(=O)N(Cc2cccc(OC)c2)[C@H](Cc2ccccc2)C(=O)NC(C)C)cc1. The van der Waals surface area contributed by atoms with Crippen LogP contribution in [0.15, 0.2) is 78.9 Å². The van der Waals surface area contributed by atoms with Gasteiger partial charge in [0, 0.05) is 25.4 Å². The van der Waals surface area contributed by atoms with Gasteiger partial charge in [-0.1, -0.05) is 73.7 Å². The van der Waals surface area contributed by atoms with Gasteiger partial charge in [-0.3, -0.25) is 9.59 Å². The Morgan fingerprint density at radius 1 is 0.861 bits per heavy atom. The molecule has 36 heavy (non-hydrogen) atoms. The molecule has 5 heteroatoms. The molecule has 0 aliphatic heterocycles. The summed E-state index contributed by atoms with van der Waals surface area (Å²) < 4.78 is 5.39. The number of carbonyl (C=O) groups is 2. The van der Waals surface area contributed by atoms with Gasteiger partial charge in [-0.2, -0.15) is 0 Å². The third kappa shape index (κ3) is 7.98. The maximum absolute atomic E-state index is 13.7. The number of nitrogens with one attached hydrogen (secondary N) is 1.